The SMILES string of the molecule is Cc1nnc(NC(C)C2CC2)s1. The first-order chi connectivity index (χ1) is 5.75. The van der Waals surface area contributed by atoms with Gasteiger partial charge in [-0.25, -0.2) is 0 Å². The minimum absolute atomic E-state index is 0.567. The number of nitrogens with one attached hydrogen (secondary N) is 1. The fourth-order valence-corrected chi connectivity index (χ4v) is 1.95. The Morgan fingerprint density at radius 3 is 2.75 bits per heavy atom. The molecule has 0 saturated heterocycles. The predicted molar refractivity (Wildman–Crippen MR) is 50.5 cm³/mol. The predicted octanol–water partition coefficient (Wildman–Crippen LogP) is 2.06. The van der Waals surface area contributed by atoms with Crippen molar-refractivity contribution in [1.29, 1.82) is 0 Å². The summed E-state index contributed by atoms with van der Waals surface area (Å²) in [5.74, 6) is 0.870. The van der Waals surface area contributed by atoms with Crippen LogP contribution in [0, 0.1) is 12.8 Å². The van der Waals surface area contributed by atoms with Crippen LogP contribution in [0.5, 0.6) is 0 Å². The lowest BCUT2D eigenvalue weighted by Gasteiger charge is -2.09. The standard InChI is InChI=1S/C8H13N3S/c1-5(7-3-4-7)9-8-11-10-6(2)12-8/h5,7H,3-4H2,1-2H3,(H,9,11). The zero-order valence-electron chi connectivity index (χ0n) is 7.37. The van der Waals surface area contributed by atoms with Crippen LogP contribution in [0.3, 0.4) is 0 Å². The molecule has 1 aliphatic carbocycles. The molecule has 1 atom stereocenters. The topological polar surface area (TPSA) is 37.8 Å². The summed E-state index contributed by atoms with van der Waals surface area (Å²) in [4.78, 5) is 0. The van der Waals surface area contributed by atoms with E-state index in [1.807, 2.05) is 6.92 Å². The minimum Gasteiger partial charge on any atom is -0.357 e. The van der Waals surface area contributed by atoms with Gasteiger partial charge in [-0.15, -0.1) is 10.2 Å². The van der Waals surface area contributed by atoms with Crippen LogP contribution >= 0.6 is 11.3 Å². The molecule has 0 spiro atoms. The van der Waals surface area contributed by atoms with Gasteiger partial charge in [-0.2, -0.15) is 0 Å². The molecule has 1 N–H and O–H groups in total. The molecule has 1 aliphatic rings. The fourth-order valence-electron chi connectivity index (χ4n) is 1.26. The third-order valence-corrected chi connectivity index (χ3v) is 2.98. The second-order valence-corrected chi connectivity index (χ2v) is 4.58. The van der Waals surface area contributed by atoms with Crippen molar-refractivity contribution < 1.29 is 0 Å². The van der Waals surface area contributed by atoms with Gasteiger partial charge < -0.3 is 5.32 Å². The van der Waals surface area contributed by atoms with E-state index in [1.54, 1.807) is 11.3 Å². The van der Waals surface area contributed by atoms with Crippen LogP contribution in [-0.4, -0.2) is 16.2 Å². The van der Waals surface area contributed by atoms with Crippen molar-refractivity contribution in [3.8, 4) is 0 Å². The van der Waals surface area contributed by atoms with Gasteiger partial charge in [0.25, 0.3) is 0 Å². The zero-order chi connectivity index (χ0) is 8.55. The number of anilines is 1. The normalized spacial score (nSPS) is 19.2. The summed E-state index contributed by atoms with van der Waals surface area (Å²) in [6.07, 6.45) is 2.73. The number of nitrogens with zero attached hydrogens (tertiary/aromatic N) is 2. The molecule has 0 aromatic carbocycles. The smallest absolute Gasteiger partial charge is 0.205 e. The Bertz CT molecular complexity index is 267. The van der Waals surface area contributed by atoms with E-state index in [4.69, 9.17) is 0 Å². The molecule has 3 nitrogen and oxygen atoms in total. The number of rotatable bonds is 3. The first kappa shape index (κ1) is 7.98. The summed E-state index contributed by atoms with van der Waals surface area (Å²) in [5, 5.41) is 13.3. The van der Waals surface area contributed by atoms with Gasteiger partial charge in [-0.05, 0) is 32.6 Å². The van der Waals surface area contributed by atoms with Crippen LogP contribution in [0.2, 0.25) is 0 Å². The molecule has 1 saturated carbocycles. The molecule has 1 aromatic heterocycles. The van der Waals surface area contributed by atoms with Crippen LogP contribution < -0.4 is 5.32 Å². The molecule has 2 rings (SSSR count). The summed E-state index contributed by atoms with van der Waals surface area (Å²) in [6.45, 7) is 4.19. The third kappa shape index (κ3) is 1.75. The number of aryl methyl sites for hydroxylation is 1. The van der Waals surface area contributed by atoms with Crippen molar-refractivity contribution >= 4 is 16.5 Å². The molecular weight excluding hydrogens is 170 g/mol. The molecule has 12 heavy (non-hydrogen) atoms. The van der Waals surface area contributed by atoms with Crippen LogP contribution in [0.15, 0.2) is 0 Å². The third-order valence-electron chi connectivity index (χ3n) is 2.21. The average molecular weight is 183 g/mol. The van der Waals surface area contributed by atoms with E-state index in [-0.39, 0.29) is 0 Å². The highest BCUT2D eigenvalue weighted by Crippen LogP contribution is 2.34. The first-order valence-electron chi connectivity index (χ1n) is 4.32. The highest BCUT2D eigenvalue weighted by molar-refractivity contribution is 7.15. The van der Waals surface area contributed by atoms with E-state index in [9.17, 15) is 0 Å². The van der Waals surface area contributed by atoms with E-state index in [1.165, 1.54) is 12.8 Å². The Morgan fingerprint density at radius 1 is 1.50 bits per heavy atom. The number of hydrogen-bond acceptors (Lipinski definition) is 4. The second-order valence-electron chi connectivity index (χ2n) is 3.40. The maximum absolute atomic E-state index is 4.02. The summed E-state index contributed by atoms with van der Waals surface area (Å²) in [6, 6.07) is 0.567. The lowest BCUT2D eigenvalue weighted by molar-refractivity contribution is 0.691. The molecule has 0 bridgehead atoms. The summed E-state index contributed by atoms with van der Waals surface area (Å²) in [7, 11) is 0. The minimum atomic E-state index is 0.567. The second kappa shape index (κ2) is 3.01. The van der Waals surface area contributed by atoms with Gasteiger partial charge in [0.1, 0.15) is 5.01 Å². The van der Waals surface area contributed by atoms with E-state index in [0.717, 1.165) is 16.1 Å². The molecular formula is C8H13N3S. The summed E-state index contributed by atoms with van der Waals surface area (Å²) < 4.78 is 0. The van der Waals surface area contributed by atoms with Crippen molar-refractivity contribution in [3.63, 3.8) is 0 Å². The van der Waals surface area contributed by atoms with Crippen LogP contribution in [-0.2, 0) is 0 Å². The van der Waals surface area contributed by atoms with Gasteiger partial charge in [-0.1, -0.05) is 11.3 Å². The van der Waals surface area contributed by atoms with Crippen molar-refractivity contribution in [2.75, 3.05) is 5.32 Å². The summed E-state index contributed by atoms with van der Waals surface area (Å²) >= 11 is 1.63. The quantitative estimate of drug-likeness (QED) is 0.779. The highest BCUT2D eigenvalue weighted by Gasteiger charge is 2.28. The van der Waals surface area contributed by atoms with Crippen LogP contribution in [0.4, 0.5) is 5.13 Å². The van der Waals surface area contributed by atoms with Crippen LogP contribution in [0.1, 0.15) is 24.8 Å². The Hall–Kier alpha value is -0.640. The lowest BCUT2D eigenvalue weighted by atomic mass is 10.2. The Balaban J connectivity index is 1.93. The maximum Gasteiger partial charge on any atom is 0.205 e. The van der Waals surface area contributed by atoms with Gasteiger partial charge in [-0.3, -0.25) is 0 Å². The van der Waals surface area contributed by atoms with Gasteiger partial charge >= 0.3 is 0 Å². The van der Waals surface area contributed by atoms with Gasteiger partial charge in [0.2, 0.25) is 5.13 Å². The molecule has 1 fully saturated rings. The van der Waals surface area contributed by atoms with Gasteiger partial charge in [0.15, 0.2) is 0 Å². The Labute approximate surface area is 76.2 Å². The molecule has 66 valence electrons. The van der Waals surface area contributed by atoms with Gasteiger partial charge in [0, 0.05) is 6.04 Å². The van der Waals surface area contributed by atoms with Crippen molar-refractivity contribution in [3.05, 3.63) is 5.01 Å². The zero-order valence-corrected chi connectivity index (χ0v) is 8.19. The molecule has 1 unspecified atom stereocenters. The lowest BCUT2D eigenvalue weighted by Crippen LogP contribution is -2.16. The van der Waals surface area contributed by atoms with E-state index >= 15 is 0 Å². The average Bonchev–Trinajstić information content (AvgIpc) is 2.78. The molecule has 0 aliphatic heterocycles. The highest BCUT2D eigenvalue weighted by atomic mass is 32.1. The van der Waals surface area contributed by atoms with Gasteiger partial charge in [0.05, 0.1) is 0 Å². The van der Waals surface area contributed by atoms with E-state index in [2.05, 4.69) is 22.4 Å². The van der Waals surface area contributed by atoms with E-state index in [0.29, 0.717) is 6.04 Å². The molecule has 4 heteroatoms. The number of hydrogen-bond donors (Lipinski definition) is 1. The molecule has 1 heterocycles. The largest absolute Gasteiger partial charge is 0.357 e. The maximum atomic E-state index is 4.02. The van der Waals surface area contributed by atoms with Crippen molar-refractivity contribution in [1.82, 2.24) is 10.2 Å². The van der Waals surface area contributed by atoms with Crippen molar-refractivity contribution in [2.45, 2.75) is 32.7 Å². The Morgan fingerprint density at radius 2 is 2.25 bits per heavy atom. The van der Waals surface area contributed by atoms with Crippen LogP contribution in [0.25, 0.3) is 0 Å². The Kier molecular flexibility index (Phi) is 2.00. The number of aromatic nitrogens is 2. The molecule has 0 radical (unpaired) electrons. The van der Waals surface area contributed by atoms with Crippen molar-refractivity contribution in [2.24, 2.45) is 5.92 Å². The monoisotopic (exact) mass is 183 g/mol. The molecule has 1 aromatic rings. The summed E-state index contributed by atoms with van der Waals surface area (Å²) in [5.41, 5.74) is 0. The molecule has 0 amide bonds. The first-order valence-corrected chi connectivity index (χ1v) is 5.14. The van der Waals surface area contributed by atoms with E-state index < -0.39 is 0 Å². The fraction of sp³-hybridized carbons (Fsp3) is 0.750.